The van der Waals surface area contributed by atoms with Crippen molar-refractivity contribution in [3.05, 3.63) is 62.4 Å². The Morgan fingerprint density at radius 3 is 2.37 bits per heavy atom. The number of nitrogens with one attached hydrogen (secondary N) is 2. The van der Waals surface area contributed by atoms with E-state index in [1.807, 2.05) is 32.9 Å². The van der Waals surface area contributed by atoms with Crippen molar-refractivity contribution in [2.24, 2.45) is 7.05 Å². The minimum absolute atomic E-state index is 0.140. The molecule has 0 aliphatic carbocycles. The molecule has 1 aromatic carbocycles. The summed E-state index contributed by atoms with van der Waals surface area (Å²) in [7, 11) is 1.65. The van der Waals surface area contributed by atoms with Gasteiger partial charge in [0.05, 0.1) is 23.3 Å². The summed E-state index contributed by atoms with van der Waals surface area (Å²) in [5.74, 6) is -0.437. The number of hydrogen-bond acceptors (Lipinski definition) is 5. The summed E-state index contributed by atoms with van der Waals surface area (Å²) < 4.78 is 13.4. The number of aryl methyl sites for hydroxylation is 2. The molecule has 30 heavy (non-hydrogen) atoms. The minimum Gasteiger partial charge on any atom is -0.351 e. The Balaban J connectivity index is 1.99. The second-order valence-corrected chi connectivity index (χ2v) is 6.83. The molecule has 0 unspecified atom stereocenters. The highest BCUT2D eigenvalue weighted by molar-refractivity contribution is 6.05. The lowest BCUT2D eigenvalue weighted by molar-refractivity contribution is -0.131. The zero-order valence-electron chi connectivity index (χ0n) is 17.5. The number of benzene rings is 1. The Hall–Kier alpha value is -3.17. The van der Waals surface area contributed by atoms with E-state index < -0.39 is 23.4 Å². The molecule has 160 valence electrons. The summed E-state index contributed by atoms with van der Waals surface area (Å²) in [6, 6.07) is 7.05. The van der Waals surface area contributed by atoms with Gasteiger partial charge in [-0.1, -0.05) is 17.7 Å². The molecule has 1 amide bonds. The lowest BCUT2D eigenvalue weighted by Crippen LogP contribution is -2.36. The molecular formula is C21H26N4O5. The van der Waals surface area contributed by atoms with Crippen molar-refractivity contribution in [3.63, 3.8) is 0 Å². The SMILES string of the molecule is CCOC(CNC(=O)c1cn(C)c2c(=O)n(-c3ccc(C)cc3)c(=O)[nH]c12)OCC. The Bertz CT molecular complexity index is 1150. The maximum atomic E-state index is 13.1. The monoisotopic (exact) mass is 414 g/mol. The molecule has 2 N–H and O–H groups in total. The fourth-order valence-corrected chi connectivity index (χ4v) is 3.28. The second-order valence-electron chi connectivity index (χ2n) is 6.83. The number of ether oxygens (including phenoxy) is 2. The summed E-state index contributed by atoms with van der Waals surface area (Å²) in [6.07, 6.45) is 0.949. The molecule has 3 aromatic rings. The molecule has 0 saturated heterocycles. The van der Waals surface area contributed by atoms with Crippen LogP contribution in [-0.4, -0.2) is 46.1 Å². The van der Waals surface area contributed by atoms with E-state index in [1.165, 1.54) is 10.8 Å². The number of aromatic amines is 1. The van der Waals surface area contributed by atoms with Crippen LogP contribution in [0.2, 0.25) is 0 Å². The van der Waals surface area contributed by atoms with Crippen LogP contribution in [0.15, 0.2) is 40.1 Å². The number of nitrogens with zero attached hydrogens (tertiary/aromatic N) is 2. The Labute approximate surface area is 173 Å². The minimum atomic E-state index is -0.613. The highest BCUT2D eigenvalue weighted by Crippen LogP contribution is 2.15. The molecule has 0 saturated carbocycles. The Kier molecular flexibility index (Phi) is 6.53. The zero-order valence-corrected chi connectivity index (χ0v) is 17.5. The third kappa shape index (κ3) is 4.22. The summed E-state index contributed by atoms with van der Waals surface area (Å²) in [5.41, 5.74) is 0.976. The van der Waals surface area contributed by atoms with Gasteiger partial charge >= 0.3 is 5.69 Å². The van der Waals surface area contributed by atoms with Crippen molar-refractivity contribution in [3.8, 4) is 5.69 Å². The predicted octanol–water partition coefficient (Wildman–Crippen LogP) is 1.45. The number of fused-ring (bicyclic) bond motifs is 1. The van der Waals surface area contributed by atoms with Crippen LogP contribution in [0.4, 0.5) is 0 Å². The number of rotatable bonds is 8. The number of carbonyl (C=O) groups excluding carboxylic acids is 1. The van der Waals surface area contributed by atoms with Gasteiger partial charge in [-0.15, -0.1) is 0 Å². The van der Waals surface area contributed by atoms with Crippen molar-refractivity contribution in [2.45, 2.75) is 27.1 Å². The van der Waals surface area contributed by atoms with E-state index in [1.54, 1.807) is 19.2 Å². The quantitative estimate of drug-likeness (QED) is 0.543. The second kappa shape index (κ2) is 9.10. The van der Waals surface area contributed by atoms with Gasteiger partial charge in [0.25, 0.3) is 11.5 Å². The smallest absolute Gasteiger partial charge is 0.333 e. The van der Waals surface area contributed by atoms with Gasteiger partial charge < -0.3 is 24.3 Å². The first-order valence-corrected chi connectivity index (χ1v) is 9.80. The van der Waals surface area contributed by atoms with Crippen LogP contribution in [0, 0.1) is 6.92 Å². The summed E-state index contributed by atoms with van der Waals surface area (Å²) >= 11 is 0. The highest BCUT2D eigenvalue weighted by atomic mass is 16.7. The van der Waals surface area contributed by atoms with Crippen molar-refractivity contribution in [1.82, 2.24) is 19.4 Å². The number of amides is 1. The van der Waals surface area contributed by atoms with Crippen LogP contribution in [-0.2, 0) is 16.5 Å². The van der Waals surface area contributed by atoms with Gasteiger partial charge in [-0.2, -0.15) is 0 Å². The predicted molar refractivity (Wildman–Crippen MR) is 113 cm³/mol. The van der Waals surface area contributed by atoms with Gasteiger partial charge in [0.2, 0.25) is 0 Å². The lowest BCUT2D eigenvalue weighted by atomic mass is 10.2. The van der Waals surface area contributed by atoms with Crippen LogP contribution in [0.25, 0.3) is 16.7 Å². The van der Waals surface area contributed by atoms with E-state index in [4.69, 9.17) is 9.47 Å². The first kappa shape index (κ1) is 21.5. The van der Waals surface area contributed by atoms with E-state index in [2.05, 4.69) is 10.3 Å². The Morgan fingerprint density at radius 2 is 1.77 bits per heavy atom. The molecule has 0 spiro atoms. The molecule has 9 heteroatoms. The van der Waals surface area contributed by atoms with Gasteiger partial charge in [-0.25, -0.2) is 9.36 Å². The van der Waals surface area contributed by atoms with E-state index >= 15 is 0 Å². The average Bonchev–Trinajstić information content (AvgIpc) is 3.04. The van der Waals surface area contributed by atoms with Gasteiger partial charge in [0.1, 0.15) is 5.52 Å². The fourth-order valence-electron chi connectivity index (χ4n) is 3.28. The molecule has 0 radical (unpaired) electrons. The maximum absolute atomic E-state index is 13.1. The van der Waals surface area contributed by atoms with E-state index in [0.29, 0.717) is 18.9 Å². The van der Waals surface area contributed by atoms with Crippen LogP contribution in [0.1, 0.15) is 29.8 Å². The van der Waals surface area contributed by atoms with Crippen molar-refractivity contribution < 1.29 is 14.3 Å². The molecule has 0 bridgehead atoms. The molecule has 9 nitrogen and oxygen atoms in total. The van der Waals surface area contributed by atoms with Crippen LogP contribution >= 0.6 is 0 Å². The van der Waals surface area contributed by atoms with Gasteiger partial charge in [-0.05, 0) is 32.9 Å². The van der Waals surface area contributed by atoms with E-state index in [9.17, 15) is 14.4 Å². The van der Waals surface area contributed by atoms with Crippen LogP contribution < -0.4 is 16.6 Å². The number of aromatic nitrogens is 3. The van der Waals surface area contributed by atoms with Crippen LogP contribution in [0.5, 0.6) is 0 Å². The van der Waals surface area contributed by atoms with Crippen LogP contribution in [0.3, 0.4) is 0 Å². The van der Waals surface area contributed by atoms with Crippen molar-refractivity contribution in [1.29, 1.82) is 0 Å². The molecular weight excluding hydrogens is 388 g/mol. The largest absolute Gasteiger partial charge is 0.351 e. The van der Waals surface area contributed by atoms with Gasteiger partial charge in [-0.3, -0.25) is 9.59 Å². The highest BCUT2D eigenvalue weighted by Gasteiger charge is 2.21. The lowest BCUT2D eigenvalue weighted by Gasteiger charge is -2.17. The third-order valence-electron chi connectivity index (χ3n) is 4.69. The first-order chi connectivity index (χ1) is 14.4. The van der Waals surface area contributed by atoms with Crippen molar-refractivity contribution >= 4 is 16.9 Å². The molecule has 3 rings (SSSR count). The molecule has 0 aliphatic rings. The summed E-state index contributed by atoms with van der Waals surface area (Å²) in [4.78, 5) is 41.2. The van der Waals surface area contributed by atoms with Crippen molar-refractivity contribution in [2.75, 3.05) is 19.8 Å². The maximum Gasteiger partial charge on any atom is 0.333 e. The van der Waals surface area contributed by atoms with E-state index in [-0.39, 0.29) is 23.1 Å². The molecule has 0 aliphatic heterocycles. The summed E-state index contributed by atoms with van der Waals surface area (Å²) in [5, 5.41) is 2.73. The van der Waals surface area contributed by atoms with E-state index in [0.717, 1.165) is 10.1 Å². The van der Waals surface area contributed by atoms with Gasteiger partial charge in [0, 0.05) is 26.5 Å². The first-order valence-electron chi connectivity index (χ1n) is 9.80. The van der Waals surface area contributed by atoms with Gasteiger partial charge in [0.15, 0.2) is 6.29 Å². The Morgan fingerprint density at radius 1 is 1.13 bits per heavy atom. The number of H-pyrrole nitrogens is 1. The molecule has 0 fully saturated rings. The average molecular weight is 414 g/mol. The number of carbonyl (C=O) groups is 1. The summed E-state index contributed by atoms with van der Waals surface area (Å²) in [6.45, 7) is 6.62. The topological polar surface area (TPSA) is 107 Å². The number of hydrogen-bond donors (Lipinski definition) is 2. The molecule has 2 aromatic heterocycles. The molecule has 0 atom stereocenters. The third-order valence-corrected chi connectivity index (χ3v) is 4.69. The molecule has 2 heterocycles. The fraction of sp³-hybridized carbons (Fsp3) is 0.381. The zero-order chi connectivity index (χ0) is 21.8. The normalized spacial score (nSPS) is 11.4. The standard InChI is InChI=1S/C21H26N4O5/c1-5-29-16(30-6-2)11-22-19(26)15-12-24(4)18-17(15)23-21(28)25(20(18)27)14-9-7-13(3)8-10-14/h7-10,12,16H,5-6,11H2,1-4H3,(H,22,26)(H,23,28).